The maximum Gasteiger partial charge on any atom is 0.263 e. The largest absolute Gasteiger partial charge is 0.481 e. The van der Waals surface area contributed by atoms with Gasteiger partial charge in [-0.25, -0.2) is 0 Å². The zero-order valence-corrected chi connectivity index (χ0v) is 16.1. The van der Waals surface area contributed by atoms with Crippen LogP contribution in [0.1, 0.15) is 23.7 Å². The minimum absolute atomic E-state index is 0.0313. The van der Waals surface area contributed by atoms with E-state index < -0.39 is 6.10 Å². The van der Waals surface area contributed by atoms with Crippen molar-refractivity contribution in [1.82, 2.24) is 9.80 Å². The smallest absolute Gasteiger partial charge is 0.263 e. The number of carbonyl (C=O) groups is 2. The van der Waals surface area contributed by atoms with Crippen LogP contribution in [0, 0.1) is 0 Å². The number of piperazine rings is 1. The van der Waals surface area contributed by atoms with Gasteiger partial charge >= 0.3 is 0 Å². The van der Waals surface area contributed by atoms with Crippen LogP contribution in [0.5, 0.6) is 5.75 Å². The van der Waals surface area contributed by atoms with Gasteiger partial charge < -0.3 is 14.5 Å². The summed E-state index contributed by atoms with van der Waals surface area (Å²) < 4.78 is 5.85. The van der Waals surface area contributed by atoms with Gasteiger partial charge in [0, 0.05) is 36.8 Å². The lowest BCUT2D eigenvalue weighted by Gasteiger charge is -2.36. The zero-order chi connectivity index (χ0) is 19.2. The van der Waals surface area contributed by atoms with Gasteiger partial charge in [0.1, 0.15) is 5.75 Å². The van der Waals surface area contributed by atoms with Crippen LogP contribution < -0.4 is 4.74 Å². The van der Waals surface area contributed by atoms with E-state index in [2.05, 4.69) is 0 Å². The maximum absolute atomic E-state index is 12.8. The molecule has 0 spiro atoms. The predicted octanol–water partition coefficient (Wildman–Crippen LogP) is 3.48. The molecule has 2 aromatic carbocycles. The lowest BCUT2D eigenvalue weighted by Crippen LogP contribution is -2.53. The highest BCUT2D eigenvalue weighted by Crippen LogP contribution is 2.17. The summed E-state index contributed by atoms with van der Waals surface area (Å²) in [6.07, 6.45) is 0.0811. The number of hydrogen-bond donors (Lipinski definition) is 0. The summed E-state index contributed by atoms with van der Waals surface area (Å²) in [5.41, 5.74) is 0.570. The molecular weight excluding hydrogens is 364 g/mol. The van der Waals surface area contributed by atoms with Gasteiger partial charge in [-0.15, -0.1) is 0 Å². The summed E-state index contributed by atoms with van der Waals surface area (Å²) in [4.78, 5) is 28.9. The molecule has 0 bridgehead atoms. The Morgan fingerprint density at radius 3 is 2.30 bits per heavy atom. The van der Waals surface area contributed by atoms with Crippen molar-refractivity contribution in [2.45, 2.75) is 19.4 Å². The van der Waals surface area contributed by atoms with Gasteiger partial charge in [0.05, 0.1) is 0 Å². The molecule has 3 rings (SSSR count). The highest BCUT2D eigenvalue weighted by molar-refractivity contribution is 6.30. The molecule has 2 aromatic rings. The molecule has 2 amide bonds. The Bertz CT molecular complexity index is 789. The average molecular weight is 387 g/mol. The Balaban J connectivity index is 1.57. The number of para-hydroxylation sites is 1. The summed E-state index contributed by atoms with van der Waals surface area (Å²) in [7, 11) is 0. The van der Waals surface area contributed by atoms with Gasteiger partial charge in [-0.2, -0.15) is 0 Å². The third-order valence-corrected chi connectivity index (χ3v) is 4.85. The molecule has 1 aliphatic heterocycles. The summed E-state index contributed by atoms with van der Waals surface area (Å²) in [5, 5.41) is 0.540. The molecule has 0 aromatic heterocycles. The van der Waals surface area contributed by atoms with Crippen molar-refractivity contribution in [3.8, 4) is 5.75 Å². The number of halogens is 1. The van der Waals surface area contributed by atoms with Crippen LogP contribution in [-0.4, -0.2) is 53.9 Å². The zero-order valence-electron chi connectivity index (χ0n) is 15.3. The number of carbonyl (C=O) groups excluding carboxylic acids is 2. The Labute approximate surface area is 164 Å². The molecule has 142 valence electrons. The van der Waals surface area contributed by atoms with Crippen LogP contribution in [0.4, 0.5) is 0 Å². The molecule has 6 heteroatoms. The Hall–Kier alpha value is -2.53. The van der Waals surface area contributed by atoms with Crippen molar-refractivity contribution in [3.63, 3.8) is 0 Å². The van der Waals surface area contributed by atoms with Crippen LogP contribution >= 0.6 is 11.6 Å². The first-order chi connectivity index (χ1) is 13.1. The van der Waals surface area contributed by atoms with E-state index in [4.69, 9.17) is 16.3 Å². The van der Waals surface area contributed by atoms with Gasteiger partial charge in [0.25, 0.3) is 11.8 Å². The summed E-state index contributed by atoms with van der Waals surface area (Å²) in [6, 6.07) is 16.3. The van der Waals surface area contributed by atoms with Crippen molar-refractivity contribution in [2.24, 2.45) is 0 Å². The lowest BCUT2D eigenvalue weighted by molar-refractivity contribution is -0.140. The van der Waals surface area contributed by atoms with Crippen molar-refractivity contribution < 1.29 is 14.3 Å². The van der Waals surface area contributed by atoms with E-state index in [1.54, 1.807) is 34.1 Å². The second-order valence-corrected chi connectivity index (χ2v) is 6.89. The molecule has 0 aliphatic carbocycles. The van der Waals surface area contributed by atoms with E-state index in [0.29, 0.717) is 48.9 Å². The van der Waals surface area contributed by atoms with E-state index in [1.807, 2.05) is 37.3 Å². The highest BCUT2D eigenvalue weighted by Gasteiger charge is 2.29. The molecule has 0 N–H and O–H groups in total. The molecule has 1 aliphatic rings. The van der Waals surface area contributed by atoms with E-state index in [9.17, 15) is 9.59 Å². The molecule has 0 radical (unpaired) electrons. The van der Waals surface area contributed by atoms with Gasteiger partial charge in [0.15, 0.2) is 6.10 Å². The molecule has 0 saturated carbocycles. The molecular formula is C21H23ClN2O3. The fraction of sp³-hybridized carbons (Fsp3) is 0.333. The second-order valence-electron chi connectivity index (χ2n) is 6.46. The number of rotatable bonds is 5. The van der Waals surface area contributed by atoms with E-state index >= 15 is 0 Å². The van der Waals surface area contributed by atoms with Crippen LogP contribution in [0.25, 0.3) is 0 Å². The number of nitrogens with zero attached hydrogens (tertiary/aromatic N) is 2. The third kappa shape index (κ3) is 4.80. The summed E-state index contributed by atoms with van der Waals surface area (Å²) in [5.74, 6) is 0.598. The molecule has 5 nitrogen and oxygen atoms in total. The molecule has 1 atom stereocenters. The molecule has 0 unspecified atom stereocenters. The van der Waals surface area contributed by atoms with Crippen LogP contribution in [0.15, 0.2) is 54.6 Å². The van der Waals surface area contributed by atoms with Gasteiger partial charge in [0.2, 0.25) is 0 Å². The van der Waals surface area contributed by atoms with Crippen molar-refractivity contribution in [2.75, 3.05) is 26.2 Å². The lowest BCUT2D eigenvalue weighted by atomic mass is 10.1. The van der Waals surface area contributed by atoms with Crippen molar-refractivity contribution >= 4 is 23.4 Å². The standard InChI is InChI=1S/C21H23ClN2O3/c1-2-19(27-18-9-4-3-5-10-18)21(26)24-13-11-23(12-14-24)20(25)16-7-6-8-17(22)15-16/h3-10,15,19H,2,11-14H2,1H3/t19-/m0/s1. The van der Waals surface area contributed by atoms with Crippen molar-refractivity contribution in [3.05, 3.63) is 65.2 Å². The van der Waals surface area contributed by atoms with Crippen LogP contribution in [-0.2, 0) is 4.79 Å². The SMILES string of the molecule is CC[C@H](Oc1ccccc1)C(=O)N1CCN(C(=O)c2cccc(Cl)c2)CC1. The third-order valence-electron chi connectivity index (χ3n) is 4.62. The first-order valence-corrected chi connectivity index (χ1v) is 9.51. The minimum Gasteiger partial charge on any atom is -0.481 e. The number of hydrogen-bond acceptors (Lipinski definition) is 3. The van der Waals surface area contributed by atoms with Gasteiger partial charge in [-0.3, -0.25) is 9.59 Å². The Morgan fingerprint density at radius 1 is 1.00 bits per heavy atom. The maximum atomic E-state index is 12.8. The van der Waals surface area contributed by atoms with Gasteiger partial charge in [-0.05, 0) is 36.8 Å². The second kappa shape index (κ2) is 8.91. The van der Waals surface area contributed by atoms with E-state index in [0.717, 1.165) is 0 Å². The first-order valence-electron chi connectivity index (χ1n) is 9.14. The van der Waals surface area contributed by atoms with Crippen LogP contribution in [0.3, 0.4) is 0 Å². The van der Waals surface area contributed by atoms with Gasteiger partial charge in [-0.1, -0.05) is 42.8 Å². The minimum atomic E-state index is -0.511. The normalized spacial score (nSPS) is 15.3. The van der Waals surface area contributed by atoms with E-state index in [1.165, 1.54) is 0 Å². The number of benzene rings is 2. The quantitative estimate of drug-likeness (QED) is 0.790. The summed E-state index contributed by atoms with van der Waals surface area (Å²) in [6.45, 7) is 3.93. The number of ether oxygens (including phenoxy) is 1. The predicted molar refractivity (Wildman–Crippen MR) is 105 cm³/mol. The molecule has 1 heterocycles. The first kappa shape index (κ1) is 19.2. The Kier molecular flexibility index (Phi) is 6.35. The molecule has 27 heavy (non-hydrogen) atoms. The van der Waals surface area contributed by atoms with Crippen LogP contribution in [0.2, 0.25) is 5.02 Å². The fourth-order valence-electron chi connectivity index (χ4n) is 3.11. The monoisotopic (exact) mass is 386 g/mol. The van der Waals surface area contributed by atoms with E-state index in [-0.39, 0.29) is 11.8 Å². The number of amides is 2. The topological polar surface area (TPSA) is 49.9 Å². The molecule has 1 saturated heterocycles. The highest BCUT2D eigenvalue weighted by atomic mass is 35.5. The molecule has 1 fully saturated rings. The average Bonchev–Trinajstić information content (AvgIpc) is 2.72. The summed E-state index contributed by atoms with van der Waals surface area (Å²) >= 11 is 5.97. The fourth-order valence-corrected chi connectivity index (χ4v) is 3.30. The Morgan fingerprint density at radius 2 is 1.67 bits per heavy atom. The van der Waals surface area contributed by atoms with Crippen molar-refractivity contribution in [1.29, 1.82) is 0 Å².